The summed E-state index contributed by atoms with van der Waals surface area (Å²) < 4.78 is 2.21. The Bertz CT molecular complexity index is 841. The maximum Gasteiger partial charge on any atom is 0.228 e. The number of carbonyl (C=O) groups is 2. The van der Waals surface area contributed by atoms with Crippen molar-refractivity contribution in [2.24, 2.45) is 5.92 Å². The van der Waals surface area contributed by atoms with Gasteiger partial charge in [0.2, 0.25) is 11.8 Å². The molecule has 136 valence electrons. The molecule has 2 aliphatic heterocycles. The van der Waals surface area contributed by atoms with Crippen molar-refractivity contribution in [3.05, 3.63) is 53.9 Å². The largest absolute Gasteiger partial charge is 0.348 e. The number of aromatic nitrogens is 1. The lowest BCUT2D eigenvalue weighted by Gasteiger charge is -2.36. The molecule has 1 fully saturated rings. The second kappa shape index (κ2) is 6.63. The molecule has 26 heavy (non-hydrogen) atoms. The standard InChI is InChI=1S/C21H25N3O2/c1-3-16-7-4-5-8-19(16)24-14-17(13-20(24)25)21(26)23-12-11-22-10-6-9-18(22)15(23)2/h4-10,15,17H,3,11-14H2,1-2H3. The Kier molecular flexibility index (Phi) is 4.31. The first-order chi connectivity index (χ1) is 12.6. The van der Waals surface area contributed by atoms with Crippen molar-refractivity contribution in [1.29, 1.82) is 0 Å². The van der Waals surface area contributed by atoms with E-state index >= 15 is 0 Å². The molecule has 0 spiro atoms. The third kappa shape index (κ3) is 2.71. The van der Waals surface area contributed by atoms with Crippen LogP contribution in [0.15, 0.2) is 42.6 Å². The zero-order valence-electron chi connectivity index (χ0n) is 15.4. The van der Waals surface area contributed by atoms with Crippen molar-refractivity contribution >= 4 is 17.5 Å². The van der Waals surface area contributed by atoms with Gasteiger partial charge in [-0.05, 0) is 37.1 Å². The van der Waals surface area contributed by atoms with E-state index < -0.39 is 0 Å². The Balaban J connectivity index is 1.53. The van der Waals surface area contributed by atoms with Gasteiger partial charge in [0, 0.05) is 43.6 Å². The van der Waals surface area contributed by atoms with Gasteiger partial charge >= 0.3 is 0 Å². The van der Waals surface area contributed by atoms with Crippen LogP contribution in [0.25, 0.3) is 0 Å². The summed E-state index contributed by atoms with van der Waals surface area (Å²) in [7, 11) is 0. The van der Waals surface area contributed by atoms with Gasteiger partial charge in [0.15, 0.2) is 0 Å². The van der Waals surface area contributed by atoms with Crippen LogP contribution in [0.4, 0.5) is 5.69 Å². The van der Waals surface area contributed by atoms with E-state index in [1.165, 1.54) is 5.69 Å². The monoisotopic (exact) mass is 351 g/mol. The molecule has 5 heteroatoms. The number of hydrogen-bond acceptors (Lipinski definition) is 2. The molecule has 2 atom stereocenters. The normalized spacial score (nSPS) is 22.6. The molecule has 4 rings (SSSR count). The number of anilines is 1. The number of rotatable bonds is 3. The van der Waals surface area contributed by atoms with Crippen LogP contribution < -0.4 is 4.90 Å². The minimum absolute atomic E-state index is 0.0530. The number of aryl methyl sites for hydroxylation is 1. The predicted octanol–water partition coefficient (Wildman–Crippen LogP) is 3.01. The van der Waals surface area contributed by atoms with Gasteiger partial charge in [0.05, 0.1) is 12.0 Å². The number of benzene rings is 1. The SMILES string of the molecule is CCc1ccccc1N1CC(C(=O)N2CCn3cccc3C2C)CC1=O. The quantitative estimate of drug-likeness (QED) is 0.853. The molecular formula is C21H25N3O2. The van der Waals surface area contributed by atoms with Gasteiger partial charge in [0.25, 0.3) is 0 Å². The third-order valence-electron chi connectivity index (χ3n) is 5.76. The van der Waals surface area contributed by atoms with Gasteiger partial charge < -0.3 is 14.4 Å². The maximum atomic E-state index is 13.2. The van der Waals surface area contributed by atoms with Crippen molar-refractivity contribution in [1.82, 2.24) is 9.47 Å². The van der Waals surface area contributed by atoms with E-state index in [0.29, 0.717) is 19.5 Å². The van der Waals surface area contributed by atoms with Gasteiger partial charge in [-0.15, -0.1) is 0 Å². The molecule has 0 saturated carbocycles. The molecule has 2 aromatic rings. The number of carbonyl (C=O) groups excluding carboxylic acids is 2. The average molecular weight is 351 g/mol. The Morgan fingerprint density at radius 1 is 1.15 bits per heavy atom. The van der Waals surface area contributed by atoms with E-state index in [-0.39, 0.29) is 23.8 Å². The first-order valence-electron chi connectivity index (χ1n) is 9.44. The Morgan fingerprint density at radius 2 is 1.96 bits per heavy atom. The lowest BCUT2D eigenvalue weighted by atomic mass is 10.0. The zero-order chi connectivity index (χ0) is 18.3. The second-order valence-electron chi connectivity index (χ2n) is 7.22. The maximum absolute atomic E-state index is 13.2. The van der Waals surface area contributed by atoms with Crippen molar-refractivity contribution in [2.75, 3.05) is 18.0 Å². The van der Waals surface area contributed by atoms with Crippen molar-refractivity contribution in [2.45, 2.75) is 39.3 Å². The van der Waals surface area contributed by atoms with Gasteiger partial charge in [-0.1, -0.05) is 25.1 Å². The summed E-state index contributed by atoms with van der Waals surface area (Å²) in [5, 5.41) is 0. The van der Waals surface area contributed by atoms with Crippen LogP contribution in [0.2, 0.25) is 0 Å². The minimum Gasteiger partial charge on any atom is -0.348 e. The van der Waals surface area contributed by atoms with Gasteiger partial charge in [-0.25, -0.2) is 0 Å². The topological polar surface area (TPSA) is 45.6 Å². The van der Waals surface area contributed by atoms with E-state index in [4.69, 9.17) is 0 Å². The van der Waals surface area contributed by atoms with E-state index in [9.17, 15) is 9.59 Å². The summed E-state index contributed by atoms with van der Waals surface area (Å²) in [5.74, 6) is -0.0940. The highest BCUT2D eigenvalue weighted by Crippen LogP contribution is 2.32. The Morgan fingerprint density at radius 3 is 2.77 bits per heavy atom. The van der Waals surface area contributed by atoms with E-state index in [0.717, 1.165) is 24.2 Å². The summed E-state index contributed by atoms with van der Waals surface area (Å²) in [5.41, 5.74) is 3.27. The van der Waals surface area contributed by atoms with Crippen LogP contribution in [0.3, 0.4) is 0 Å². The fraction of sp³-hybridized carbons (Fsp3) is 0.429. The molecule has 0 bridgehead atoms. The first kappa shape index (κ1) is 16.9. The molecular weight excluding hydrogens is 326 g/mol. The van der Waals surface area contributed by atoms with E-state index in [1.807, 2.05) is 29.2 Å². The number of amides is 2. The summed E-state index contributed by atoms with van der Waals surface area (Å²) in [6, 6.07) is 12.2. The zero-order valence-corrected chi connectivity index (χ0v) is 15.4. The van der Waals surface area contributed by atoms with Crippen LogP contribution in [-0.2, 0) is 22.6 Å². The van der Waals surface area contributed by atoms with Crippen LogP contribution in [0, 0.1) is 5.92 Å². The van der Waals surface area contributed by atoms with Crippen LogP contribution >= 0.6 is 0 Å². The average Bonchev–Trinajstić information content (AvgIpc) is 3.28. The molecule has 1 saturated heterocycles. The van der Waals surface area contributed by atoms with Crippen molar-refractivity contribution < 1.29 is 9.59 Å². The molecule has 2 aliphatic rings. The molecule has 0 radical (unpaired) electrons. The van der Waals surface area contributed by atoms with E-state index in [2.05, 4.69) is 36.7 Å². The van der Waals surface area contributed by atoms with Gasteiger partial charge in [-0.2, -0.15) is 0 Å². The summed E-state index contributed by atoms with van der Waals surface area (Å²) in [6.07, 6.45) is 3.25. The predicted molar refractivity (Wildman–Crippen MR) is 101 cm³/mol. The van der Waals surface area contributed by atoms with Crippen molar-refractivity contribution in [3.63, 3.8) is 0 Å². The molecule has 0 N–H and O–H groups in total. The smallest absolute Gasteiger partial charge is 0.228 e. The van der Waals surface area contributed by atoms with Gasteiger partial charge in [0.1, 0.15) is 0 Å². The molecule has 5 nitrogen and oxygen atoms in total. The Labute approximate surface area is 154 Å². The third-order valence-corrected chi connectivity index (χ3v) is 5.76. The molecule has 0 aliphatic carbocycles. The number of nitrogens with zero attached hydrogens (tertiary/aromatic N) is 3. The molecule has 2 amide bonds. The highest BCUT2D eigenvalue weighted by molar-refractivity contribution is 6.00. The lowest BCUT2D eigenvalue weighted by Crippen LogP contribution is -2.44. The first-order valence-corrected chi connectivity index (χ1v) is 9.44. The molecule has 2 unspecified atom stereocenters. The van der Waals surface area contributed by atoms with Crippen LogP contribution in [-0.4, -0.2) is 34.4 Å². The van der Waals surface area contributed by atoms with Crippen LogP contribution in [0.5, 0.6) is 0 Å². The molecule has 1 aromatic heterocycles. The number of para-hydroxylation sites is 1. The fourth-order valence-electron chi connectivity index (χ4n) is 4.29. The number of hydrogen-bond donors (Lipinski definition) is 0. The summed E-state index contributed by atoms with van der Waals surface area (Å²) in [6.45, 7) is 6.18. The highest BCUT2D eigenvalue weighted by atomic mass is 16.2. The molecule has 3 heterocycles. The number of fused-ring (bicyclic) bond motifs is 1. The summed E-state index contributed by atoms with van der Waals surface area (Å²) >= 11 is 0. The van der Waals surface area contributed by atoms with Crippen LogP contribution in [0.1, 0.15) is 37.6 Å². The minimum atomic E-state index is -0.253. The summed E-state index contributed by atoms with van der Waals surface area (Å²) in [4.78, 5) is 29.5. The van der Waals surface area contributed by atoms with E-state index in [1.54, 1.807) is 4.90 Å². The second-order valence-corrected chi connectivity index (χ2v) is 7.22. The fourth-order valence-corrected chi connectivity index (χ4v) is 4.29. The highest BCUT2D eigenvalue weighted by Gasteiger charge is 2.40. The lowest BCUT2D eigenvalue weighted by molar-refractivity contribution is -0.139. The van der Waals surface area contributed by atoms with Gasteiger partial charge in [-0.3, -0.25) is 9.59 Å². The Hall–Kier alpha value is -2.56. The van der Waals surface area contributed by atoms with Crippen molar-refractivity contribution in [3.8, 4) is 0 Å². The molecule has 1 aromatic carbocycles.